The van der Waals surface area contributed by atoms with E-state index in [0.29, 0.717) is 17.7 Å². The molecule has 0 aromatic heterocycles. The van der Waals surface area contributed by atoms with Gasteiger partial charge in [0.15, 0.2) is 0 Å². The van der Waals surface area contributed by atoms with E-state index in [9.17, 15) is 4.79 Å². The largest absolute Gasteiger partial charge is 0.488 e. The highest BCUT2D eigenvalue weighted by molar-refractivity contribution is 5.89. The van der Waals surface area contributed by atoms with Gasteiger partial charge in [0.25, 0.3) is 0 Å². The second kappa shape index (κ2) is 6.27. The lowest BCUT2D eigenvalue weighted by Crippen LogP contribution is -2.29. The zero-order chi connectivity index (χ0) is 15.4. The minimum Gasteiger partial charge on any atom is -0.488 e. The SMILES string of the molecule is CC(C)(C)OC(=O)c1ccc(OC(C)(C)CCO)cc1. The minimum absolute atomic E-state index is 0.0724. The van der Waals surface area contributed by atoms with Gasteiger partial charge < -0.3 is 14.6 Å². The van der Waals surface area contributed by atoms with Crippen LogP contribution in [0.4, 0.5) is 0 Å². The molecule has 0 saturated heterocycles. The smallest absolute Gasteiger partial charge is 0.338 e. The lowest BCUT2D eigenvalue weighted by Gasteiger charge is -2.25. The van der Waals surface area contributed by atoms with Crippen molar-refractivity contribution < 1.29 is 19.4 Å². The summed E-state index contributed by atoms with van der Waals surface area (Å²) < 4.78 is 11.1. The van der Waals surface area contributed by atoms with E-state index in [-0.39, 0.29) is 12.6 Å². The molecule has 0 saturated carbocycles. The summed E-state index contributed by atoms with van der Waals surface area (Å²) in [7, 11) is 0. The number of esters is 1. The van der Waals surface area contributed by atoms with Crippen LogP contribution in [-0.2, 0) is 4.74 Å². The number of hydrogen-bond donors (Lipinski definition) is 1. The average molecular weight is 280 g/mol. The van der Waals surface area contributed by atoms with Gasteiger partial charge in [0.05, 0.1) is 5.56 Å². The van der Waals surface area contributed by atoms with E-state index in [1.807, 2.05) is 34.6 Å². The first-order valence-electron chi connectivity index (χ1n) is 6.76. The molecule has 0 spiro atoms. The first kappa shape index (κ1) is 16.5. The van der Waals surface area contributed by atoms with Crippen LogP contribution in [-0.4, -0.2) is 28.9 Å². The predicted octanol–water partition coefficient (Wildman–Crippen LogP) is 3.18. The van der Waals surface area contributed by atoms with Crippen LogP contribution in [0.25, 0.3) is 0 Å². The van der Waals surface area contributed by atoms with Crippen molar-refractivity contribution in [2.24, 2.45) is 0 Å². The van der Waals surface area contributed by atoms with Gasteiger partial charge >= 0.3 is 5.97 Å². The molecule has 20 heavy (non-hydrogen) atoms. The molecule has 4 heteroatoms. The van der Waals surface area contributed by atoms with E-state index in [2.05, 4.69) is 0 Å². The fourth-order valence-corrected chi connectivity index (χ4v) is 1.64. The van der Waals surface area contributed by atoms with Crippen LogP contribution in [0.15, 0.2) is 24.3 Å². The van der Waals surface area contributed by atoms with Crippen LogP contribution in [0.3, 0.4) is 0 Å². The molecule has 1 N–H and O–H groups in total. The number of aliphatic hydroxyl groups is 1. The van der Waals surface area contributed by atoms with Gasteiger partial charge in [-0.3, -0.25) is 0 Å². The topological polar surface area (TPSA) is 55.8 Å². The first-order chi connectivity index (χ1) is 9.13. The summed E-state index contributed by atoms with van der Waals surface area (Å²) in [5.74, 6) is 0.314. The van der Waals surface area contributed by atoms with E-state index < -0.39 is 11.2 Å². The van der Waals surface area contributed by atoms with Crippen molar-refractivity contribution in [2.45, 2.75) is 52.2 Å². The monoisotopic (exact) mass is 280 g/mol. The molecular formula is C16H24O4. The number of carbonyl (C=O) groups is 1. The summed E-state index contributed by atoms with van der Waals surface area (Å²) in [5.41, 5.74) is -0.454. The number of aliphatic hydroxyl groups excluding tert-OH is 1. The van der Waals surface area contributed by atoms with Crippen molar-refractivity contribution in [1.29, 1.82) is 0 Å². The van der Waals surface area contributed by atoms with Gasteiger partial charge in [0, 0.05) is 13.0 Å². The zero-order valence-electron chi connectivity index (χ0n) is 12.9. The lowest BCUT2D eigenvalue weighted by atomic mass is 10.1. The van der Waals surface area contributed by atoms with Crippen molar-refractivity contribution in [3.63, 3.8) is 0 Å². The normalized spacial score (nSPS) is 12.1. The van der Waals surface area contributed by atoms with Crippen LogP contribution < -0.4 is 4.74 Å². The van der Waals surface area contributed by atoms with E-state index >= 15 is 0 Å². The molecule has 0 unspecified atom stereocenters. The van der Waals surface area contributed by atoms with Gasteiger partial charge in [-0.25, -0.2) is 4.79 Å². The molecule has 0 fully saturated rings. The highest BCUT2D eigenvalue weighted by Gasteiger charge is 2.20. The minimum atomic E-state index is -0.505. The van der Waals surface area contributed by atoms with Crippen LogP contribution in [0.5, 0.6) is 5.75 Å². The second-order valence-corrected chi connectivity index (χ2v) is 6.36. The summed E-state index contributed by atoms with van der Waals surface area (Å²) in [6.07, 6.45) is 0.542. The molecule has 1 aromatic rings. The molecule has 112 valence electrons. The van der Waals surface area contributed by atoms with Gasteiger partial charge in [-0.2, -0.15) is 0 Å². The Kier molecular flexibility index (Phi) is 5.17. The van der Waals surface area contributed by atoms with Crippen LogP contribution in [0, 0.1) is 0 Å². The van der Waals surface area contributed by atoms with Crippen LogP contribution >= 0.6 is 0 Å². The molecule has 0 aliphatic heterocycles. The maximum atomic E-state index is 11.9. The zero-order valence-corrected chi connectivity index (χ0v) is 12.9. The third kappa shape index (κ3) is 5.61. The summed E-state index contributed by atoms with van der Waals surface area (Å²) in [6.45, 7) is 9.39. The van der Waals surface area contributed by atoms with Crippen LogP contribution in [0.2, 0.25) is 0 Å². The van der Waals surface area contributed by atoms with Gasteiger partial charge in [-0.05, 0) is 58.9 Å². The number of carbonyl (C=O) groups excluding carboxylic acids is 1. The third-order valence-corrected chi connectivity index (χ3v) is 2.60. The summed E-state index contributed by atoms with van der Waals surface area (Å²) in [6, 6.07) is 6.83. The van der Waals surface area contributed by atoms with Gasteiger partial charge in [0.2, 0.25) is 0 Å². The Hall–Kier alpha value is -1.55. The third-order valence-electron chi connectivity index (χ3n) is 2.60. The second-order valence-electron chi connectivity index (χ2n) is 6.36. The van der Waals surface area contributed by atoms with E-state index in [0.717, 1.165) is 0 Å². The molecule has 0 amide bonds. The highest BCUT2D eigenvalue weighted by atomic mass is 16.6. The molecular weight excluding hydrogens is 256 g/mol. The Bertz CT molecular complexity index is 441. The Morgan fingerprint density at radius 3 is 2.10 bits per heavy atom. The lowest BCUT2D eigenvalue weighted by molar-refractivity contribution is 0.00695. The Balaban J connectivity index is 2.72. The van der Waals surface area contributed by atoms with Crippen molar-refractivity contribution in [3.05, 3.63) is 29.8 Å². The summed E-state index contributed by atoms with van der Waals surface area (Å²) in [4.78, 5) is 11.9. The van der Waals surface area contributed by atoms with E-state index in [1.54, 1.807) is 24.3 Å². The molecule has 1 aromatic carbocycles. The van der Waals surface area contributed by atoms with Crippen molar-refractivity contribution in [3.8, 4) is 5.75 Å². The molecule has 0 radical (unpaired) electrons. The van der Waals surface area contributed by atoms with Gasteiger partial charge in [0.1, 0.15) is 17.0 Å². The van der Waals surface area contributed by atoms with Crippen molar-refractivity contribution in [2.75, 3.05) is 6.61 Å². The van der Waals surface area contributed by atoms with Gasteiger partial charge in [-0.1, -0.05) is 0 Å². The van der Waals surface area contributed by atoms with Crippen molar-refractivity contribution >= 4 is 5.97 Å². The molecule has 1 rings (SSSR count). The van der Waals surface area contributed by atoms with Crippen molar-refractivity contribution in [1.82, 2.24) is 0 Å². The van der Waals surface area contributed by atoms with E-state index in [1.165, 1.54) is 0 Å². The molecule has 0 atom stereocenters. The Morgan fingerprint density at radius 1 is 1.10 bits per heavy atom. The molecule has 4 nitrogen and oxygen atoms in total. The predicted molar refractivity (Wildman–Crippen MR) is 78.0 cm³/mol. The molecule has 0 heterocycles. The number of rotatable bonds is 5. The highest BCUT2D eigenvalue weighted by Crippen LogP contribution is 2.22. The summed E-state index contributed by atoms with van der Waals surface area (Å²) in [5, 5.41) is 8.96. The standard InChI is InChI=1S/C16H24O4/c1-15(2,3)20-14(18)12-6-8-13(9-7-12)19-16(4,5)10-11-17/h6-9,17H,10-11H2,1-5H3. The first-order valence-corrected chi connectivity index (χ1v) is 6.76. The van der Waals surface area contributed by atoms with Gasteiger partial charge in [-0.15, -0.1) is 0 Å². The molecule has 0 aliphatic rings. The maximum absolute atomic E-state index is 11.9. The Morgan fingerprint density at radius 2 is 1.65 bits per heavy atom. The summed E-state index contributed by atoms with van der Waals surface area (Å²) >= 11 is 0. The quantitative estimate of drug-likeness (QED) is 0.842. The number of ether oxygens (including phenoxy) is 2. The molecule has 0 bridgehead atoms. The Labute approximate surface area is 120 Å². The maximum Gasteiger partial charge on any atom is 0.338 e. The number of benzene rings is 1. The fraction of sp³-hybridized carbons (Fsp3) is 0.562. The number of hydrogen-bond acceptors (Lipinski definition) is 4. The molecule has 0 aliphatic carbocycles. The fourth-order valence-electron chi connectivity index (χ4n) is 1.64. The van der Waals surface area contributed by atoms with E-state index in [4.69, 9.17) is 14.6 Å². The average Bonchev–Trinajstić information content (AvgIpc) is 2.26. The van der Waals surface area contributed by atoms with Crippen LogP contribution in [0.1, 0.15) is 51.4 Å².